The minimum Gasteiger partial charge on any atom is -0.481 e. The van der Waals surface area contributed by atoms with Gasteiger partial charge in [-0.15, -0.1) is 0 Å². The van der Waals surface area contributed by atoms with Gasteiger partial charge in [-0.3, -0.25) is 4.79 Å². The Morgan fingerprint density at radius 3 is 2.80 bits per heavy atom. The van der Waals surface area contributed by atoms with Gasteiger partial charge in [0, 0.05) is 23.3 Å². The molecule has 5 heteroatoms. The second-order valence-corrected chi connectivity index (χ2v) is 7.15. The largest absolute Gasteiger partial charge is 0.481 e. The summed E-state index contributed by atoms with van der Waals surface area (Å²) in [5.74, 6) is -0.374. The van der Waals surface area contributed by atoms with Gasteiger partial charge >= 0.3 is 5.97 Å². The molecule has 0 saturated carbocycles. The summed E-state index contributed by atoms with van der Waals surface area (Å²) in [5, 5.41) is 9.41. The van der Waals surface area contributed by atoms with Gasteiger partial charge in [-0.2, -0.15) is 0 Å². The van der Waals surface area contributed by atoms with Gasteiger partial charge in [-0.1, -0.05) is 55.8 Å². The van der Waals surface area contributed by atoms with E-state index in [-0.39, 0.29) is 30.7 Å². The van der Waals surface area contributed by atoms with Crippen LogP contribution in [0.3, 0.4) is 0 Å². The third-order valence-electron chi connectivity index (χ3n) is 4.34. The van der Waals surface area contributed by atoms with Crippen molar-refractivity contribution >= 4 is 17.6 Å². The van der Waals surface area contributed by atoms with E-state index in [0.717, 1.165) is 23.4 Å². The lowest BCUT2D eigenvalue weighted by molar-refractivity contribution is -0.238. The van der Waals surface area contributed by atoms with Crippen LogP contribution in [0.2, 0.25) is 5.02 Å². The van der Waals surface area contributed by atoms with E-state index >= 15 is 0 Å². The fraction of sp³-hybridized carbons (Fsp3) is 0.550. The van der Waals surface area contributed by atoms with E-state index in [1.165, 1.54) is 0 Å². The van der Waals surface area contributed by atoms with Crippen molar-refractivity contribution in [2.45, 2.75) is 57.8 Å². The van der Waals surface area contributed by atoms with Gasteiger partial charge in [-0.25, -0.2) is 0 Å². The highest BCUT2D eigenvalue weighted by molar-refractivity contribution is 6.31. The number of unbranched alkanes of at least 4 members (excludes halogenated alkanes) is 1. The molecule has 1 aliphatic heterocycles. The lowest BCUT2D eigenvalue weighted by Gasteiger charge is -2.38. The number of hydrogen-bond donors (Lipinski definition) is 1. The maximum Gasteiger partial charge on any atom is 0.303 e. The van der Waals surface area contributed by atoms with Gasteiger partial charge < -0.3 is 14.6 Å². The number of hydrogen-bond acceptors (Lipinski definition) is 3. The van der Waals surface area contributed by atoms with E-state index in [1.54, 1.807) is 0 Å². The monoisotopic (exact) mass is 366 g/mol. The summed E-state index contributed by atoms with van der Waals surface area (Å²) in [5.41, 5.74) is 1.05. The Morgan fingerprint density at radius 2 is 2.12 bits per heavy atom. The quantitative estimate of drug-likeness (QED) is 0.518. The Morgan fingerprint density at radius 1 is 1.36 bits per heavy atom. The normalized spacial score (nSPS) is 24.1. The lowest BCUT2D eigenvalue weighted by Crippen LogP contribution is -2.40. The van der Waals surface area contributed by atoms with Crippen molar-refractivity contribution in [2.24, 2.45) is 5.92 Å². The van der Waals surface area contributed by atoms with Gasteiger partial charge in [0.2, 0.25) is 0 Å². The molecule has 25 heavy (non-hydrogen) atoms. The standard InChI is InChI=1S/C20H27ClO4/c1-14(2)20-24-13-16(15-9-7-8-10-17(15)21)18(25-20)11-5-3-4-6-12-19(22)23/h3,5,7-10,14,16,18,20H,4,6,11-13H2,1-2H3,(H,22,23)/b5-3-. The van der Waals surface area contributed by atoms with E-state index < -0.39 is 5.97 Å². The Balaban J connectivity index is 2.01. The van der Waals surface area contributed by atoms with E-state index in [0.29, 0.717) is 13.0 Å². The maximum absolute atomic E-state index is 10.5. The van der Waals surface area contributed by atoms with Crippen LogP contribution < -0.4 is 0 Å². The first-order chi connectivity index (χ1) is 12.0. The first-order valence-corrected chi connectivity index (χ1v) is 9.25. The Hall–Kier alpha value is -1.36. The Bertz CT molecular complexity index is 585. The predicted molar refractivity (Wildman–Crippen MR) is 98.9 cm³/mol. The Kier molecular flexibility index (Phi) is 7.94. The predicted octanol–water partition coefficient (Wildman–Crippen LogP) is 5.02. The topological polar surface area (TPSA) is 55.8 Å². The van der Waals surface area contributed by atoms with Crippen LogP contribution in [0, 0.1) is 5.92 Å². The van der Waals surface area contributed by atoms with E-state index in [4.69, 9.17) is 26.2 Å². The number of rotatable bonds is 8. The second kappa shape index (κ2) is 9.95. The molecule has 0 aliphatic carbocycles. The van der Waals surface area contributed by atoms with Crippen molar-refractivity contribution in [3.05, 3.63) is 47.0 Å². The summed E-state index contributed by atoms with van der Waals surface area (Å²) in [6, 6.07) is 7.82. The average Bonchev–Trinajstić information content (AvgIpc) is 2.58. The summed E-state index contributed by atoms with van der Waals surface area (Å²) < 4.78 is 12.1. The molecule has 1 N–H and O–H groups in total. The number of allylic oxidation sites excluding steroid dienone is 1. The molecule has 1 heterocycles. The lowest BCUT2D eigenvalue weighted by atomic mass is 9.90. The summed E-state index contributed by atoms with van der Waals surface area (Å²) in [6.07, 6.45) is 6.30. The summed E-state index contributed by atoms with van der Waals surface area (Å²) in [6.45, 7) is 4.75. The molecule has 0 spiro atoms. The minimum atomic E-state index is -0.750. The zero-order valence-electron chi connectivity index (χ0n) is 14.9. The average molecular weight is 367 g/mol. The molecule has 2 rings (SSSR count). The molecule has 0 radical (unpaired) electrons. The van der Waals surface area contributed by atoms with Gasteiger partial charge in [0.25, 0.3) is 0 Å². The molecule has 1 fully saturated rings. The third-order valence-corrected chi connectivity index (χ3v) is 4.69. The smallest absolute Gasteiger partial charge is 0.303 e. The molecule has 0 bridgehead atoms. The number of carboxylic acid groups (broad SMARTS) is 1. The van der Waals surface area contributed by atoms with E-state index in [2.05, 4.69) is 19.9 Å². The first kappa shape index (κ1) is 20.0. The van der Waals surface area contributed by atoms with Crippen LogP contribution in [0.4, 0.5) is 0 Å². The highest BCUT2D eigenvalue weighted by Crippen LogP contribution is 2.35. The summed E-state index contributed by atoms with van der Waals surface area (Å²) >= 11 is 6.37. The summed E-state index contributed by atoms with van der Waals surface area (Å²) in [4.78, 5) is 10.5. The van der Waals surface area contributed by atoms with Gasteiger partial charge in [-0.05, 0) is 30.9 Å². The van der Waals surface area contributed by atoms with Crippen LogP contribution in [0.1, 0.15) is 51.0 Å². The molecular weight excluding hydrogens is 340 g/mol. The number of halogens is 1. The van der Waals surface area contributed by atoms with Gasteiger partial charge in [0.05, 0.1) is 12.7 Å². The molecule has 1 saturated heterocycles. The van der Waals surface area contributed by atoms with Crippen LogP contribution in [0.15, 0.2) is 36.4 Å². The van der Waals surface area contributed by atoms with Crippen molar-refractivity contribution in [3.8, 4) is 0 Å². The zero-order valence-corrected chi connectivity index (χ0v) is 15.6. The minimum absolute atomic E-state index is 0.00299. The van der Waals surface area contributed by atoms with Crippen molar-refractivity contribution in [2.75, 3.05) is 6.61 Å². The second-order valence-electron chi connectivity index (χ2n) is 6.74. The maximum atomic E-state index is 10.5. The Labute approximate surface area is 154 Å². The number of aliphatic carboxylic acids is 1. The fourth-order valence-corrected chi connectivity index (χ4v) is 3.24. The number of carboxylic acids is 1. The van der Waals surface area contributed by atoms with Crippen LogP contribution in [-0.2, 0) is 14.3 Å². The molecule has 138 valence electrons. The molecule has 1 aliphatic rings. The number of benzene rings is 1. The SMILES string of the molecule is CC(C)C1OCC(c2ccccc2Cl)C(C/C=C\CCCC(=O)O)O1. The molecule has 1 aromatic rings. The molecule has 1 aromatic carbocycles. The van der Waals surface area contributed by atoms with E-state index in [1.807, 2.05) is 30.3 Å². The van der Waals surface area contributed by atoms with Gasteiger partial charge in [0.15, 0.2) is 6.29 Å². The first-order valence-electron chi connectivity index (χ1n) is 8.87. The highest BCUT2D eigenvalue weighted by atomic mass is 35.5. The fourth-order valence-electron chi connectivity index (χ4n) is 2.97. The molecular formula is C20H27ClO4. The summed E-state index contributed by atoms with van der Waals surface area (Å²) in [7, 11) is 0. The van der Waals surface area contributed by atoms with E-state index in [9.17, 15) is 4.79 Å². The molecule has 4 nitrogen and oxygen atoms in total. The van der Waals surface area contributed by atoms with Crippen LogP contribution >= 0.6 is 11.6 Å². The zero-order chi connectivity index (χ0) is 18.2. The third kappa shape index (κ3) is 6.14. The van der Waals surface area contributed by atoms with Crippen molar-refractivity contribution in [1.29, 1.82) is 0 Å². The van der Waals surface area contributed by atoms with Crippen LogP contribution in [-0.4, -0.2) is 30.1 Å². The molecule has 3 unspecified atom stereocenters. The number of ether oxygens (including phenoxy) is 2. The molecule has 0 aromatic heterocycles. The molecule has 0 amide bonds. The van der Waals surface area contributed by atoms with Crippen LogP contribution in [0.5, 0.6) is 0 Å². The van der Waals surface area contributed by atoms with Crippen molar-refractivity contribution < 1.29 is 19.4 Å². The van der Waals surface area contributed by atoms with Crippen molar-refractivity contribution in [1.82, 2.24) is 0 Å². The van der Waals surface area contributed by atoms with Crippen molar-refractivity contribution in [3.63, 3.8) is 0 Å². The highest BCUT2D eigenvalue weighted by Gasteiger charge is 2.34. The van der Waals surface area contributed by atoms with Crippen LogP contribution in [0.25, 0.3) is 0 Å². The van der Waals surface area contributed by atoms with Gasteiger partial charge in [0.1, 0.15) is 0 Å². The molecule has 3 atom stereocenters. The number of carbonyl (C=O) groups is 1.